The van der Waals surface area contributed by atoms with E-state index in [-0.39, 0.29) is 18.6 Å². The fourth-order valence-corrected chi connectivity index (χ4v) is 4.75. The first-order chi connectivity index (χ1) is 17.8. The fourth-order valence-electron chi connectivity index (χ4n) is 4.75. The van der Waals surface area contributed by atoms with E-state index in [1.165, 1.54) is 5.56 Å². The normalized spacial score (nSPS) is 17.2. The molecule has 1 saturated heterocycles. The lowest BCUT2D eigenvalue weighted by Gasteiger charge is -2.47. The van der Waals surface area contributed by atoms with E-state index in [1.807, 2.05) is 74.5 Å². The molecule has 1 unspecified atom stereocenters. The number of rotatable bonds is 10. The smallest absolute Gasteiger partial charge is 0.259 e. The number of aliphatic hydroxyl groups is 1. The molecule has 6 heteroatoms. The van der Waals surface area contributed by atoms with Gasteiger partial charge in [-0.1, -0.05) is 60.7 Å². The van der Waals surface area contributed by atoms with Gasteiger partial charge in [0.15, 0.2) is 5.60 Å². The monoisotopic (exact) mass is 502 g/mol. The summed E-state index contributed by atoms with van der Waals surface area (Å²) < 4.78 is 12.0. The van der Waals surface area contributed by atoms with Crippen LogP contribution in [-0.4, -0.2) is 46.3 Å². The average Bonchev–Trinajstić information content (AvgIpc) is 2.90. The molecule has 6 nitrogen and oxygen atoms in total. The summed E-state index contributed by atoms with van der Waals surface area (Å²) in [5.74, 6) is 0.375. The lowest BCUT2D eigenvalue weighted by Crippen LogP contribution is -2.64. The third-order valence-corrected chi connectivity index (χ3v) is 7.11. The highest BCUT2D eigenvalue weighted by atomic mass is 16.5. The third kappa shape index (κ3) is 6.77. The summed E-state index contributed by atoms with van der Waals surface area (Å²) in [4.78, 5) is 16.1. The number of hydrogen-bond acceptors (Lipinski definition) is 5. The second-order valence-electron chi connectivity index (χ2n) is 10.2. The Morgan fingerprint density at radius 1 is 0.946 bits per heavy atom. The molecule has 0 saturated carbocycles. The van der Waals surface area contributed by atoms with Crippen LogP contribution in [0.5, 0.6) is 5.75 Å². The molecular weight excluding hydrogens is 464 g/mol. The minimum absolute atomic E-state index is 0.0668. The molecule has 0 aliphatic carbocycles. The van der Waals surface area contributed by atoms with E-state index in [0.717, 1.165) is 17.9 Å². The van der Waals surface area contributed by atoms with Crippen LogP contribution in [0.4, 0.5) is 5.69 Å². The van der Waals surface area contributed by atoms with Crippen LogP contribution < -0.4 is 10.1 Å². The Balaban J connectivity index is 1.50. The van der Waals surface area contributed by atoms with Gasteiger partial charge in [-0.25, -0.2) is 0 Å². The van der Waals surface area contributed by atoms with E-state index in [9.17, 15) is 9.90 Å². The molecule has 1 aliphatic heterocycles. The van der Waals surface area contributed by atoms with E-state index in [4.69, 9.17) is 9.47 Å². The van der Waals surface area contributed by atoms with Gasteiger partial charge in [0.1, 0.15) is 11.4 Å². The summed E-state index contributed by atoms with van der Waals surface area (Å²) in [5.41, 5.74) is 0.0374. The van der Waals surface area contributed by atoms with Gasteiger partial charge in [-0.2, -0.15) is 0 Å². The largest absolute Gasteiger partial charge is 0.491 e. The predicted molar refractivity (Wildman–Crippen MR) is 146 cm³/mol. The third-order valence-electron chi connectivity index (χ3n) is 7.11. The zero-order valence-corrected chi connectivity index (χ0v) is 22.0. The Morgan fingerprint density at radius 3 is 2.08 bits per heavy atom. The number of ether oxygens (including phenoxy) is 2. The Kier molecular flexibility index (Phi) is 8.64. The summed E-state index contributed by atoms with van der Waals surface area (Å²) in [6.45, 7) is 8.04. The number of piperidine rings is 1. The summed E-state index contributed by atoms with van der Waals surface area (Å²) >= 11 is 0. The Labute approximate surface area is 220 Å². The van der Waals surface area contributed by atoms with Crippen molar-refractivity contribution in [1.29, 1.82) is 0 Å². The van der Waals surface area contributed by atoms with Gasteiger partial charge in [-0.05, 0) is 69.0 Å². The number of likely N-dealkylation sites (tertiary alicyclic amines) is 1. The zero-order chi connectivity index (χ0) is 26.3. The molecule has 1 fully saturated rings. The quantitative estimate of drug-likeness (QED) is 0.388. The highest BCUT2D eigenvalue weighted by molar-refractivity contribution is 5.98. The predicted octanol–water partition coefficient (Wildman–Crippen LogP) is 5.41. The molecule has 0 radical (unpaired) electrons. The van der Waals surface area contributed by atoms with Crippen LogP contribution in [0.1, 0.15) is 44.7 Å². The first kappa shape index (κ1) is 26.9. The first-order valence-electron chi connectivity index (χ1n) is 13.0. The highest BCUT2D eigenvalue weighted by Gasteiger charge is 2.54. The van der Waals surface area contributed by atoms with Crippen LogP contribution in [0, 0.1) is 0 Å². The van der Waals surface area contributed by atoms with E-state index in [1.54, 1.807) is 19.1 Å². The number of benzene rings is 3. The summed E-state index contributed by atoms with van der Waals surface area (Å²) in [6, 6.07) is 27.3. The van der Waals surface area contributed by atoms with Crippen molar-refractivity contribution in [1.82, 2.24) is 4.90 Å². The van der Waals surface area contributed by atoms with Crippen LogP contribution in [-0.2, 0) is 22.7 Å². The van der Waals surface area contributed by atoms with Crippen molar-refractivity contribution in [3.05, 3.63) is 96.1 Å². The topological polar surface area (TPSA) is 71.0 Å². The standard InChI is InChI=1S/C31H38N2O4/c1-24(2)37-28-16-14-27(15-17-28)32-29(34)30(3,36-23-26-12-8-5-9-13-26)31(35)18-20-33(21-19-31)22-25-10-6-4-7-11-25/h4-17,24,35H,18-23H2,1-3H3,(H,32,34). The van der Waals surface area contributed by atoms with Crippen molar-refractivity contribution in [2.75, 3.05) is 18.4 Å². The lowest BCUT2D eigenvalue weighted by molar-refractivity contribution is -0.200. The molecule has 3 aromatic carbocycles. The van der Waals surface area contributed by atoms with Crippen molar-refractivity contribution in [3.8, 4) is 5.75 Å². The summed E-state index contributed by atoms with van der Waals surface area (Å²) in [7, 11) is 0. The number of nitrogens with zero attached hydrogens (tertiary/aromatic N) is 1. The number of anilines is 1. The van der Waals surface area contributed by atoms with Crippen LogP contribution in [0.15, 0.2) is 84.9 Å². The molecule has 3 aromatic rings. The fraction of sp³-hybridized carbons (Fsp3) is 0.387. The van der Waals surface area contributed by atoms with E-state index < -0.39 is 11.2 Å². The molecule has 4 rings (SSSR count). The minimum Gasteiger partial charge on any atom is -0.491 e. The van der Waals surface area contributed by atoms with Gasteiger partial charge < -0.3 is 19.9 Å². The maximum Gasteiger partial charge on any atom is 0.259 e. The van der Waals surface area contributed by atoms with Crippen LogP contribution in [0.2, 0.25) is 0 Å². The number of nitrogens with one attached hydrogen (secondary N) is 1. The Morgan fingerprint density at radius 2 is 1.51 bits per heavy atom. The summed E-state index contributed by atoms with van der Waals surface area (Å²) in [5, 5.41) is 14.9. The van der Waals surface area contributed by atoms with Gasteiger partial charge in [0.05, 0.1) is 12.7 Å². The molecule has 2 N–H and O–H groups in total. The second-order valence-corrected chi connectivity index (χ2v) is 10.2. The maximum atomic E-state index is 13.8. The molecule has 0 bridgehead atoms. The molecule has 1 atom stereocenters. The number of carbonyl (C=O) groups is 1. The molecular formula is C31H38N2O4. The van der Waals surface area contributed by atoms with E-state index in [2.05, 4.69) is 22.3 Å². The maximum absolute atomic E-state index is 13.8. The molecule has 1 amide bonds. The van der Waals surface area contributed by atoms with Crippen molar-refractivity contribution < 1.29 is 19.4 Å². The van der Waals surface area contributed by atoms with Crippen molar-refractivity contribution in [2.24, 2.45) is 0 Å². The van der Waals surface area contributed by atoms with Gasteiger partial charge in [0.25, 0.3) is 5.91 Å². The number of hydrogen-bond donors (Lipinski definition) is 2. The first-order valence-corrected chi connectivity index (χ1v) is 13.0. The molecule has 37 heavy (non-hydrogen) atoms. The SMILES string of the molecule is CC(C)Oc1ccc(NC(=O)C(C)(OCc2ccccc2)C2(O)CCN(Cc3ccccc3)CC2)cc1. The molecule has 0 spiro atoms. The number of amides is 1. The van der Waals surface area contributed by atoms with Crippen LogP contribution in [0.25, 0.3) is 0 Å². The van der Waals surface area contributed by atoms with Gasteiger partial charge >= 0.3 is 0 Å². The highest BCUT2D eigenvalue weighted by Crippen LogP contribution is 2.38. The van der Waals surface area contributed by atoms with E-state index in [0.29, 0.717) is 31.6 Å². The lowest BCUT2D eigenvalue weighted by atomic mass is 9.75. The molecule has 1 aliphatic rings. The van der Waals surface area contributed by atoms with Crippen LogP contribution >= 0.6 is 0 Å². The van der Waals surface area contributed by atoms with E-state index >= 15 is 0 Å². The molecule has 1 heterocycles. The minimum atomic E-state index is -1.45. The van der Waals surface area contributed by atoms with Crippen molar-refractivity contribution in [2.45, 2.75) is 64.1 Å². The van der Waals surface area contributed by atoms with Crippen LogP contribution in [0.3, 0.4) is 0 Å². The number of carbonyl (C=O) groups excluding carboxylic acids is 1. The molecule has 0 aromatic heterocycles. The Hall–Kier alpha value is -3.19. The van der Waals surface area contributed by atoms with Gasteiger partial charge in [-0.3, -0.25) is 9.69 Å². The molecule has 196 valence electrons. The van der Waals surface area contributed by atoms with Gasteiger partial charge in [0, 0.05) is 25.3 Å². The summed E-state index contributed by atoms with van der Waals surface area (Å²) in [6.07, 6.45) is 0.927. The second kappa shape index (κ2) is 11.9. The van der Waals surface area contributed by atoms with Gasteiger partial charge in [-0.15, -0.1) is 0 Å². The van der Waals surface area contributed by atoms with Crippen molar-refractivity contribution in [3.63, 3.8) is 0 Å². The Bertz CT molecular complexity index is 1130. The van der Waals surface area contributed by atoms with Gasteiger partial charge in [0.2, 0.25) is 0 Å². The average molecular weight is 503 g/mol. The zero-order valence-electron chi connectivity index (χ0n) is 22.0. The van der Waals surface area contributed by atoms with Crippen molar-refractivity contribution >= 4 is 11.6 Å².